The third-order valence-corrected chi connectivity index (χ3v) is 3.33. The van der Waals surface area contributed by atoms with E-state index in [0.717, 1.165) is 28.0 Å². The number of anilines is 1. The molecule has 1 aliphatic heterocycles. The van der Waals surface area contributed by atoms with Crippen LogP contribution in [0.3, 0.4) is 0 Å². The maximum Gasteiger partial charge on any atom is 0.234 e. The van der Waals surface area contributed by atoms with Crippen LogP contribution >= 0.6 is 0 Å². The molecule has 1 aliphatic rings. The van der Waals surface area contributed by atoms with Gasteiger partial charge in [0, 0.05) is 17.3 Å². The monoisotopic (exact) mass is 227 g/mol. The highest BCUT2D eigenvalue weighted by molar-refractivity contribution is 6.07. The molecule has 17 heavy (non-hydrogen) atoms. The lowest BCUT2D eigenvalue weighted by molar-refractivity contribution is -0.119. The standard InChI is InChI=1S/C13H13N3O/c1-7-14-6-8-4-11-9(5-10(8)15-7)13(2,3)12(17)16-11/h4-6H,1-3H3,(H,16,17). The van der Waals surface area contributed by atoms with Gasteiger partial charge in [-0.15, -0.1) is 0 Å². The van der Waals surface area contributed by atoms with E-state index in [9.17, 15) is 4.79 Å². The van der Waals surface area contributed by atoms with Crippen molar-refractivity contribution in [3.63, 3.8) is 0 Å². The lowest BCUT2D eigenvalue weighted by Crippen LogP contribution is -2.26. The molecule has 0 atom stereocenters. The minimum absolute atomic E-state index is 0.0347. The molecule has 0 unspecified atom stereocenters. The molecule has 2 heterocycles. The van der Waals surface area contributed by atoms with Gasteiger partial charge < -0.3 is 5.32 Å². The number of nitrogens with zero attached hydrogens (tertiary/aromatic N) is 2. The Morgan fingerprint density at radius 1 is 1.29 bits per heavy atom. The van der Waals surface area contributed by atoms with E-state index in [1.165, 1.54) is 0 Å². The van der Waals surface area contributed by atoms with Crippen molar-refractivity contribution in [1.82, 2.24) is 9.97 Å². The first-order valence-electron chi connectivity index (χ1n) is 5.58. The van der Waals surface area contributed by atoms with E-state index in [0.29, 0.717) is 0 Å². The molecule has 0 aliphatic carbocycles. The number of hydrogen-bond donors (Lipinski definition) is 1. The molecule has 0 radical (unpaired) electrons. The predicted octanol–water partition coefficient (Wildman–Crippen LogP) is 2.17. The first-order chi connectivity index (χ1) is 7.98. The average molecular weight is 227 g/mol. The third kappa shape index (κ3) is 1.33. The number of hydrogen-bond acceptors (Lipinski definition) is 3. The number of benzene rings is 1. The van der Waals surface area contributed by atoms with Crippen molar-refractivity contribution in [1.29, 1.82) is 0 Å². The molecule has 1 N–H and O–H groups in total. The van der Waals surface area contributed by atoms with Gasteiger partial charge in [-0.05, 0) is 38.5 Å². The van der Waals surface area contributed by atoms with Gasteiger partial charge in [0.15, 0.2) is 0 Å². The second kappa shape index (κ2) is 3.03. The molecule has 3 rings (SSSR count). The fourth-order valence-corrected chi connectivity index (χ4v) is 2.19. The number of nitrogens with one attached hydrogen (secondary N) is 1. The summed E-state index contributed by atoms with van der Waals surface area (Å²) in [7, 11) is 0. The van der Waals surface area contributed by atoms with E-state index in [1.54, 1.807) is 6.20 Å². The van der Waals surface area contributed by atoms with Crippen LogP contribution in [0.2, 0.25) is 0 Å². The fourth-order valence-electron chi connectivity index (χ4n) is 2.19. The quantitative estimate of drug-likeness (QED) is 0.750. The number of carbonyl (C=O) groups excluding carboxylic acids is 1. The van der Waals surface area contributed by atoms with Gasteiger partial charge in [0.25, 0.3) is 0 Å². The van der Waals surface area contributed by atoms with Gasteiger partial charge in [-0.25, -0.2) is 9.97 Å². The van der Waals surface area contributed by atoms with Crippen LogP contribution in [0.25, 0.3) is 10.9 Å². The summed E-state index contributed by atoms with van der Waals surface area (Å²) in [6, 6.07) is 3.92. The van der Waals surface area contributed by atoms with Crippen molar-refractivity contribution in [3.05, 3.63) is 29.7 Å². The molecule has 0 spiro atoms. The Balaban J connectivity index is 2.33. The van der Waals surface area contributed by atoms with Crippen molar-refractivity contribution < 1.29 is 4.79 Å². The Kier molecular flexibility index (Phi) is 1.82. The van der Waals surface area contributed by atoms with E-state index in [4.69, 9.17) is 0 Å². The minimum Gasteiger partial charge on any atom is -0.325 e. The van der Waals surface area contributed by atoms with Gasteiger partial charge in [-0.3, -0.25) is 4.79 Å². The van der Waals surface area contributed by atoms with Gasteiger partial charge in [-0.2, -0.15) is 0 Å². The molecule has 86 valence electrons. The Morgan fingerprint density at radius 3 is 2.82 bits per heavy atom. The highest BCUT2D eigenvalue weighted by atomic mass is 16.2. The van der Waals surface area contributed by atoms with Crippen LogP contribution in [-0.2, 0) is 10.2 Å². The van der Waals surface area contributed by atoms with E-state index >= 15 is 0 Å². The molecule has 1 aromatic heterocycles. The molecule has 0 bridgehead atoms. The Bertz CT molecular complexity index is 646. The van der Waals surface area contributed by atoms with Gasteiger partial charge in [-0.1, -0.05) is 0 Å². The summed E-state index contributed by atoms with van der Waals surface area (Å²) in [5, 5.41) is 3.85. The summed E-state index contributed by atoms with van der Waals surface area (Å²) in [5.74, 6) is 0.778. The Labute approximate surface area is 99.1 Å². The summed E-state index contributed by atoms with van der Waals surface area (Å²) in [4.78, 5) is 20.4. The fraction of sp³-hybridized carbons (Fsp3) is 0.308. The number of amides is 1. The lowest BCUT2D eigenvalue weighted by atomic mass is 9.86. The first kappa shape index (κ1) is 10.2. The molecular formula is C13H13N3O. The lowest BCUT2D eigenvalue weighted by Gasteiger charge is -2.15. The molecule has 4 heteroatoms. The molecular weight excluding hydrogens is 214 g/mol. The summed E-state index contributed by atoms with van der Waals surface area (Å²) in [6.45, 7) is 5.71. The zero-order valence-electron chi connectivity index (χ0n) is 10.0. The number of carbonyl (C=O) groups is 1. The molecule has 2 aromatic rings. The van der Waals surface area contributed by atoms with E-state index < -0.39 is 5.41 Å². The molecule has 1 amide bonds. The van der Waals surface area contributed by atoms with Crippen LogP contribution < -0.4 is 5.32 Å². The minimum atomic E-state index is -0.484. The molecule has 4 nitrogen and oxygen atoms in total. The van der Waals surface area contributed by atoms with Crippen molar-refractivity contribution in [2.75, 3.05) is 5.32 Å². The first-order valence-corrected chi connectivity index (χ1v) is 5.58. The smallest absolute Gasteiger partial charge is 0.234 e. The number of aromatic nitrogens is 2. The largest absolute Gasteiger partial charge is 0.325 e. The van der Waals surface area contributed by atoms with Gasteiger partial charge >= 0.3 is 0 Å². The molecule has 0 saturated heterocycles. The van der Waals surface area contributed by atoms with Crippen LogP contribution in [0.15, 0.2) is 18.3 Å². The number of fused-ring (bicyclic) bond motifs is 2. The van der Waals surface area contributed by atoms with Crippen LogP contribution in [0.5, 0.6) is 0 Å². The zero-order valence-corrected chi connectivity index (χ0v) is 10.0. The van der Waals surface area contributed by atoms with Crippen molar-refractivity contribution in [2.45, 2.75) is 26.2 Å². The SMILES string of the molecule is Cc1ncc2cc3c(cc2n1)C(C)(C)C(=O)N3. The van der Waals surface area contributed by atoms with Crippen molar-refractivity contribution in [3.8, 4) is 0 Å². The summed E-state index contributed by atoms with van der Waals surface area (Å²) >= 11 is 0. The third-order valence-electron chi connectivity index (χ3n) is 3.33. The van der Waals surface area contributed by atoms with Crippen LogP contribution in [-0.4, -0.2) is 15.9 Å². The van der Waals surface area contributed by atoms with Gasteiger partial charge in [0.1, 0.15) is 5.82 Å². The van der Waals surface area contributed by atoms with E-state index in [1.807, 2.05) is 32.9 Å². The second-order valence-electron chi connectivity index (χ2n) is 4.95. The van der Waals surface area contributed by atoms with Crippen molar-refractivity contribution in [2.24, 2.45) is 0 Å². The topological polar surface area (TPSA) is 54.9 Å². The molecule has 0 saturated carbocycles. The average Bonchev–Trinajstić information content (AvgIpc) is 2.48. The van der Waals surface area contributed by atoms with E-state index in [2.05, 4.69) is 15.3 Å². The Hall–Kier alpha value is -1.97. The number of rotatable bonds is 0. The van der Waals surface area contributed by atoms with Gasteiger partial charge in [0.05, 0.1) is 10.9 Å². The van der Waals surface area contributed by atoms with Crippen LogP contribution in [0.1, 0.15) is 25.2 Å². The zero-order chi connectivity index (χ0) is 12.2. The van der Waals surface area contributed by atoms with Crippen molar-refractivity contribution >= 4 is 22.5 Å². The predicted molar refractivity (Wildman–Crippen MR) is 65.9 cm³/mol. The van der Waals surface area contributed by atoms with Gasteiger partial charge in [0.2, 0.25) is 5.91 Å². The normalized spacial score (nSPS) is 17.0. The summed E-state index contributed by atoms with van der Waals surface area (Å²) in [5.41, 5.74) is 2.29. The second-order valence-corrected chi connectivity index (χ2v) is 4.95. The maximum absolute atomic E-state index is 11.9. The molecule has 0 fully saturated rings. The summed E-state index contributed by atoms with van der Waals surface area (Å²) in [6.07, 6.45) is 1.79. The highest BCUT2D eigenvalue weighted by Gasteiger charge is 2.38. The maximum atomic E-state index is 11.9. The Morgan fingerprint density at radius 2 is 2.06 bits per heavy atom. The van der Waals surface area contributed by atoms with Crippen LogP contribution in [0, 0.1) is 6.92 Å². The summed E-state index contributed by atoms with van der Waals surface area (Å²) < 4.78 is 0. The number of aryl methyl sites for hydroxylation is 1. The molecule has 1 aromatic carbocycles. The van der Waals surface area contributed by atoms with Crippen LogP contribution in [0.4, 0.5) is 5.69 Å². The highest BCUT2D eigenvalue weighted by Crippen LogP contribution is 2.39. The van der Waals surface area contributed by atoms with E-state index in [-0.39, 0.29) is 5.91 Å².